The fourth-order valence-electron chi connectivity index (χ4n) is 1.01. The maximum atomic E-state index is 12.7. The van der Waals surface area contributed by atoms with Crippen molar-refractivity contribution in [3.8, 4) is 0 Å². The molecule has 2 heterocycles. The molecule has 2 aromatic heterocycles. The first kappa shape index (κ1) is 5.92. The molecule has 0 aromatic carbocycles. The number of rotatable bonds is 0. The highest BCUT2D eigenvalue weighted by Gasteiger charge is 2.04. The van der Waals surface area contributed by atoms with E-state index in [1.165, 1.54) is 16.7 Å². The predicted octanol–water partition coefficient (Wildman–Crippen LogP) is 2.68. The molecule has 0 unspecified atom stereocenters. The summed E-state index contributed by atoms with van der Waals surface area (Å²) >= 11 is 1.43. The lowest BCUT2D eigenvalue weighted by atomic mass is 10.5. The fourth-order valence-corrected chi connectivity index (χ4v) is 1.87. The summed E-state index contributed by atoms with van der Waals surface area (Å²) in [6.45, 7) is 1.92. The average Bonchev–Trinajstić information content (AvgIpc) is 2.35. The molecule has 0 saturated heterocycles. The molecule has 0 aliphatic rings. The van der Waals surface area contributed by atoms with Gasteiger partial charge in [0.15, 0.2) is 5.82 Å². The van der Waals surface area contributed by atoms with E-state index >= 15 is 0 Å². The van der Waals surface area contributed by atoms with Gasteiger partial charge in [-0.05, 0) is 13.0 Å². The summed E-state index contributed by atoms with van der Waals surface area (Å²) in [5.41, 5.74) is 1.66. The summed E-state index contributed by atoms with van der Waals surface area (Å²) < 4.78 is 13.7. The zero-order valence-electron chi connectivity index (χ0n) is 5.44. The lowest BCUT2D eigenvalue weighted by molar-refractivity contribution is 0.641. The molecule has 0 radical (unpaired) electrons. The van der Waals surface area contributed by atoms with Crippen molar-refractivity contribution in [2.75, 3.05) is 0 Å². The van der Waals surface area contributed by atoms with E-state index in [1.807, 2.05) is 13.0 Å². The van der Waals surface area contributed by atoms with Crippen LogP contribution < -0.4 is 0 Å². The number of aromatic amines is 1. The maximum absolute atomic E-state index is 12.7. The molecule has 0 saturated carbocycles. The minimum Gasteiger partial charge on any atom is -0.356 e. The third kappa shape index (κ3) is 0.671. The van der Waals surface area contributed by atoms with Gasteiger partial charge in [0.2, 0.25) is 0 Å². The van der Waals surface area contributed by atoms with Gasteiger partial charge in [-0.15, -0.1) is 11.3 Å². The number of hydrogen-bond acceptors (Lipinski definition) is 1. The van der Waals surface area contributed by atoms with Crippen LogP contribution in [0.25, 0.3) is 10.2 Å². The summed E-state index contributed by atoms with van der Waals surface area (Å²) in [5.74, 6) is -0.145. The van der Waals surface area contributed by atoms with Crippen LogP contribution in [-0.2, 0) is 0 Å². The van der Waals surface area contributed by atoms with Crippen molar-refractivity contribution in [2.45, 2.75) is 6.92 Å². The molecule has 10 heavy (non-hydrogen) atoms. The van der Waals surface area contributed by atoms with Gasteiger partial charge in [0.25, 0.3) is 0 Å². The third-order valence-electron chi connectivity index (χ3n) is 1.44. The first-order valence-electron chi connectivity index (χ1n) is 2.99. The van der Waals surface area contributed by atoms with Gasteiger partial charge in [-0.3, -0.25) is 0 Å². The highest BCUT2D eigenvalue weighted by molar-refractivity contribution is 7.17. The Bertz CT molecular complexity index is 360. The molecule has 2 aromatic rings. The molecule has 0 aliphatic heterocycles. The van der Waals surface area contributed by atoms with Crippen LogP contribution in [0, 0.1) is 12.7 Å². The van der Waals surface area contributed by atoms with Crippen LogP contribution in [0.15, 0.2) is 11.4 Å². The lowest BCUT2D eigenvalue weighted by Crippen LogP contribution is -1.69. The molecule has 1 nitrogen and oxygen atoms in total. The van der Waals surface area contributed by atoms with Crippen molar-refractivity contribution in [3.63, 3.8) is 0 Å². The van der Waals surface area contributed by atoms with E-state index in [0.717, 1.165) is 10.4 Å². The molecule has 0 fully saturated rings. The van der Waals surface area contributed by atoms with Crippen LogP contribution in [0.1, 0.15) is 5.69 Å². The highest BCUT2D eigenvalue weighted by Crippen LogP contribution is 2.24. The van der Waals surface area contributed by atoms with E-state index in [2.05, 4.69) is 4.98 Å². The van der Waals surface area contributed by atoms with Gasteiger partial charge in [0.05, 0.1) is 10.2 Å². The monoisotopic (exact) mass is 155 g/mol. The fraction of sp³-hybridized carbons (Fsp3) is 0.143. The van der Waals surface area contributed by atoms with Crippen molar-refractivity contribution in [2.24, 2.45) is 0 Å². The minimum atomic E-state index is -0.145. The Morgan fingerprint density at radius 3 is 3.10 bits per heavy atom. The zero-order chi connectivity index (χ0) is 7.14. The number of fused-ring (bicyclic) bond motifs is 1. The van der Waals surface area contributed by atoms with Crippen LogP contribution in [0.5, 0.6) is 0 Å². The predicted molar refractivity (Wildman–Crippen MR) is 40.9 cm³/mol. The van der Waals surface area contributed by atoms with E-state index in [9.17, 15) is 4.39 Å². The number of thiophene rings is 1. The van der Waals surface area contributed by atoms with E-state index in [1.54, 1.807) is 0 Å². The topological polar surface area (TPSA) is 15.8 Å². The van der Waals surface area contributed by atoms with Crippen LogP contribution in [0.3, 0.4) is 0 Å². The van der Waals surface area contributed by atoms with Crippen molar-refractivity contribution in [3.05, 3.63) is 23.0 Å². The lowest BCUT2D eigenvalue weighted by Gasteiger charge is -1.78. The number of nitrogens with one attached hydrogen (secondary N) is 1. The molecular formula is C7H6FNS. The molecule has 3 heteroatoms. The van der Waals surface area contributed by atoms with Gasteiger partial charge < -0.3 is 4.98 Å². The summed E-state index contributed by atoms with van der Waals surface area (Å²) in [5, 5.41) is 1.51. The maximum Gasteiger partial charge on any atom is 0.157 e. The number of aryl methyl sites for hydroxylation is 1. The molecule has 2 rings (SSSR count). The second-order valence-electron chi connectivity index (χ2n) is 2.28. The van der Waals surface area contributed by atoms with E-state index in [-0.39, 0.29) is 5.82 Å². The van der Waals surface area contributed by atoms with Gasteiger partial charge in [0, 0.05) is 11.1 Å². The normalized spacial score (nSPS) is 11.0. The number of H-pyrrole nitrogens is 1. The standard InChI is InChI=1S/C7H6FNS/c1-4-2-6-7(9-4)5(8)3-10-6/h2-3,9H,1H3. The van der Waals surface area contributed by atoms with Crippen LogP contribution in [0.4, 0.5) is 4.39 Å². The SMILES string of the molecule is Cc1cc2scc(F)c2[nH]1. The Hall–Kier alpha value is -0.830. The molecule has 0 aliphatic carbocycles. The Morgan fingerprint density at radius 2 is 2.40 bits per heavy atom. The second kappa shape index (κ2) is 1.83. The van der Waals surface area contributed by atoms with Gasteiger partial charge in [0.1, 0.15) is 0 Å². The van der Waals surface area contributed by atoms with Gasteiger partial charge in [-0.25, -0.2) is 4.39 Å². The molecule has 0 bridgehead atoms. The quantitative estimate of drug-likeness (QED) is 0.602. The van der Waals surface area contributed by atoms with Crippen molar-refractivity contribution in [1.29, 1.82) is 0 Å². The molecule has 0 atom stereocenters. The number of hydrogen-bond donors (Lipinski definition) is 1. The van der Waals surface area contributed by atoms with Crippen molar-refractivity contribution in [1.82, 2.24) is 4.98 Å². The molecule has 52 valence electrons. The Morgan fingerprint density at radius 1 is 1.60 bits per heavy atom. The van der Waals surface area contributed by atoms with Crippen LogP contribution in [0.2, 0.25) is 0 Å². The molecular weight excluding hydrogens is 149 g/mol. The van der Waals surface area contributed by atoms with Crippen molar-refractivity contribution < 1.29 is 4.39 Å². The Balaban J connectivity index is 2.90. The van der Waals surface area contributed by atoms with E-state index in [4.69, 9.17) is 0 Å². The largest absolute Gasteiger partial charge is 0.356 e. The zero-order valence-corrected chi connectivity index (χ0v) is 6.26. The average molecular weight is 155 g/mol. The summed E-state index contributed by atoms with van der Waals surface area (Å²) in [7, 11) is 0. The number of halogens is 1. The van der Waals surface area contributed by atoms with Gasteiger partial charge >= 0.3 is 0 Å². The van der Waals surface area contributed by atoms with Crippen LogP contribution >= 0.6 is 11.3 Å². The summed E-state index contributed by atoms with van der Waals surface area (Å²) in [4.78, 5) is 2.94. The first-order chi connectivity index (χ1) is 4.77. The first-order valence-corrected chi connectivity index (χ1v) is 3.87. The minimum absolute atomic E-state index is 0.145. The molecule has 0 spiro atoms. The molecule has 1 N–H and O–H groups in total. The van der Waals surface area contributed by atoms with E-state index in [0.29, 0.717) is 5.52 Å². The van der Waals surface area contributed by atoms with Gasteiger partial charge in [-0.2, -0.15) is 0 Å². The highest BCUT2D eigenvalue weighted by atomic mass is 32.1. The van der Waals surface area contributed by atoms with Crippen LogP contribution in [-0.4, -0.2) is 4.98 Å². The summed E-state index contributed by atoms with van der Waals surface area (Å²) in [6, 6.07) is 1.95. The Kier molecular flexibility index (Phi) is 1.08. The molecule has 0 amide bonds. The smallest absolute Gasteiger partial charge is 0.157 e. The van der Waals surface area contributed by atoms with Crippen molar-refractivity contribution >= 4 is 21.6 Å². The van der Waals surface area contributed by atoms with E-state index < -0.39 is 0 Å². The number of aromatic nitrogens is 1. The Labute approximate surface area is 61.5 Å². The third-order valence-corrected chi connectivity index (χ3v) is 2.35. The summed E-state index contributed by atoms with van der Waals surface area (Å²) in [6.07, 6.45) is 0. The van der Waals surface area contributed by atoms with Gasteiger partial charge in [-0.1, -0.05) is 0 Å². The second-order valence-corrected chi connectivity index (χ2v) is 3.19.